The van der Waals surface area contributed by atoms with Gasteiger partial charge in [-0.3, -0.25) is 4.99 Å². The first kappa shape index (κ1) is 21.4. The van der Waals surface area contributed by atoms with Crippen LogP contribution in [0.2, 0.25) is 0 Å². The van der Waals surface area contributed by atoms with Crippen LogP contribution in [0.25, 0.3) is 11.3 Å². The number of benzene rings is 1. The van der Waals surface area contributed by atoms with Crippen molar-refractivity contribution in [3.05, 3.63) is 58.0 Å². The molecule has 0 saturated carbocycles. The Morgan fingerprint density at radius 1 is 1.26 bits per heavy atom. The molecule has 6 nitrogen and oxygen atoms in total. The maximum absolute atomic E-state index is 5.85. The largest absolute Gasteiger partial charge is 0.439 e. The Hall–Kier alpha value is -1.94. The van der Waals surface area contributed by atoms with E-state index in [1.165, 1.54) is 5.56 Å². The first-order valence-corrected chi connectivity index (χ1v) is 9.27. The normalized spacial score (nSPS) is 11.2. The molecule has 144 valence electrons. The number of hydrogen-bond donors (Lipinski definition) is 1. The summed E-state index contributed by atoms with van der Waals surface area (Å²) in [6.07, 6.45) is 1.76. The zero-order valence-electron chi connectivity index (χ0n) is 15.9. The summed E-state index contributed by atoms with van der Waals surface area (Å²) in [5, 5.41) is 6.42. The predicted molar refractivity (Wildman–Crippen MR) is 121 cm³/mol. The van der Waals surface area contributed by atoms with Crippen molar-refractivity contribution in [1.29, 1.82) is 0 Å². The molecule has 3 aromatic rings. The summed E-state index contributed by atoms with van der Waals surface area (Å²) in [7, 11) is 3.75. The number of aryl methyl sites for hydroxylation is 2. The molecule has 0 fully saturated rings. The smallest absolute Gasteiger partial charge is 0.214 e. The SMILES string of the molecule is CN=C(NCc1ncc(-c2ccc(C)cc2)o1)N(C)Cc1csc(C)n1.I. The van der Waals surface area contributed by atoms with Crippen LogP contribution in [0.4, 0.5) is 0 Å². The van der Waals surface area contributed by atoms with Crippen molar-refractivity contribution in [2.45, 2.75) is 26.9 Å². The van der Waals surface area contributed by atoms with E-state index in [1.54, 1.807) is 24.6 Å². The number of hydrogen-bond acceptors (Lipinski definition) is 5. The fraction of sp³-hybridized carbons (Fsp3) is 0.316. The maximum Gasteiger partial charge on any atom is 0.214 e. The summed E-state index contributed by atoms with van der Waals surface area (Å²) in [5.74, 6) is 2.16. The first-order chi connectivity index (χ1) is 12.5. The van der Waals surface area contributed by atoms with Crippen LogP contribution in [0.1, 0.15) is 22.2 Å². The highest BCUT2D eigenvalue weighted by Crippen LogP contribution is 2.20. The van der Waals surface area contributed by atoms with E-state index in [0.717, 1.165) is 28.0 Å². The van der Waals surface area contributed by atoms with Crippen molar-refractivity contribution in [2.24, 2.45) is 4.99 Å². The van der Waals surface area contributed by atoms with Gasteiger partial charge in [-0.25, -0.2) is 9.97 Å². The Labute approximate surface area is 180 Å². The first-order valence-electron chi connectivity index (χ1n) is 8.39. The number of thiazole rings is 1. The van der Waals surface area contributed by atoms with E-state index in [0.29, 0.717) is 19.0 Å². The summed E-state index contributed by atoms with van der Waals surface area (Å²) >= 11 is 1.65. The minimum Gasteiger partial charge on any atom is -0.439 e. The summed E-state index contributed by atoms with van der Waals surface area (Å²) in [6, 6.07) is 8.20. The number of aromatic nitrogens is 2. The standard InChI is InChI=1S/C19H23N5OS.HI/c1-13-5-7-15(8-6-13)17-9-21-18(25-17)10-22-19(20-3)24(4)11-16-12-26-14(2)23-16;/h5-9,12H,10-11H2,1-4H3,(H,20,22);1H. The number of nitrogens with one attached hydrogen (secondary N) is 1. The van der Waals surface area contributed by atoms with Crippen LogP contribution in [-0.4, -0.2) is 34.9 Å². The molecule has 0 aliphatic heterocycles. The maximum atomic E-state index is 5.85. The molecule has 3 rings (SSSR count). The lowest BCUT2D eigenvalue weighted by molar-refractivity contribution is 0.453. The number of aliphatic imine (C=N–C) groups is 1. The van der Waals surface area contributed by atoms with Crippen molar-refractivity contribution in [2.75, 3.05) is 14.1 Å². The predicted octanol–water partition coefficient (Wildman–Crippen LogP) is 4.24. The molecule has 0 radical (unpaired) electrons. The molecule has 8 heteroatoms. The fourth-order valence-electron chi connectivity index (χ4n) is 2.58. The van der Waals surface area contributed by atoms with Crippen LogP contribution in [0.5, 0.6) is 0 Å². The molecule has 0 aliphatic carbocycles. The van der Waals surface area contributed by atoms with Crippen LogP contribution in [0, 0.1) is 13.8 Å². The highest BCUT2D eigenvalue weighted by Gasteiger charge is 2.11. The van der Waals surface area contributed by atoms with Gasteiger partial charge in [0.05, 0.1) is 30.0 Å². The third kappa shape index (κ3) is 5.77. The van der Waals surface area contributed by atoms with Crippen LogP contribution in [-0.2, 0) is 13.1 Å². The van der Waals surface area contributed by atoms with Gasteiger partial charge in [-0.1, -0.05) is 29.8 Å². The van der Waals surface area contributed by atoms with E-state index in [2.05, 4.69) is 44.7 Å². The van der Waals surface area contributed by atoms with E-state index in [1.807, 2.05) is 31.0 Å². The van der Waals surface area contributed by atoms with Crippen molar-refractivity contribution in [3.8, 4) is 11.3 Å². The van der Waals surface area contributed by atoms with Gasteiger partial charge in [0.1, 0.15) is 0 Å². The molecule has 1 aromatic carbocycles. The van der Waals surface area contributed by atoms with Crippen LogP contribution in [0.3, 0.4) is 0 Å². The van der Waals surface area contributed by atoms with E-state index < -0.39 is 0 Å². The summed E-state index contributed by atoms with van der Waals surface area (Å²) in [6.45, 7) is 5.24. The lowest BCUT2D eigenvalue weighted by Crippen LogP contribution is -2.38. The zero-order chi connectivity index (χ0) is 18.5. The lowest BCUT2D eigenvalue weighted by atomic mass is 10.1. The molecule has 0 bridgehead atoms. The molecule has 0 saturated heterocycles. The van der Waals surface area contributed by atoms with Gasteiger partial charge < -0.3 is 14.6 Å². The van der Waals surface area contributed by atoms with E-state index in [-0.39, 0.29) is 24.0 Å². The number of halogens is 1. The van der Waals surface area contributed by atoms with Gasteiger partial charge >= 0.3 is 0 Å². The van der Waals surface area contributed by atoms with Crippen molar-refractivity contribution in [3.63, 3.8) is 0 Å². The Bertz CT molecular complexity index is 888. The molecule has 2 aromatic heterocycles. The van der Waals surface area contributed by atoms with Gasteiger partial charge in [0, 0.05) is 25.0 Å². The van der Waals surface area contributed by atoms with Gasteiger partial charge in [-0.2, -0.15) is 0 Å². The van der Waals surface area contributed by atoms with Gasteiger partial charge in [-0.15, -0.1) is 35.3 Å². The van der Waals surface area contributed by atoms with E-state index in [4.69, 9.17) is 4.42 Å². The second kappa shape index (κ2) is 9.84. The topological polar surface area (TPSA) is 66.6 Å². The molecule has 0 atom stereocenters. The monoisotopic (exact) mass is 497 g/mol. The van der Waals surface area contributed by atoms with Crippen molar-refractivity contribution in [1.82, 2.24) is 20.2 Å². The highest BCUT2D eigenvalue weighted by atomic mass is 127. The average Bonchev–Trinajstić information content (AvgIpc) is 3.25. The minimum absolute atomic E-state index is 0. The third-order valence-electron chi connectivity index (χ3n) is 3.93. The van der Waals surface area contributed by atoms with Crippen LogP contribution >= 0.6 is 35.3 Å². The third-order valence-corrected chi connectivity index (χ3v) is 4.75. The Balaban J connectivity index is 0.00000261. The Kier molecular flexibility index (Phi) is 7.78. The summed E-state index contributed by atoms with van der Waals surface area (Å²) in [4.78, 5) is 15.2. The molecule has 0 spiro atoms. The number of nitrogens with zero attached hydrogens (tertiary/aromatic N) is 4. The quantitative estimate of drug-likeness (QED) is 0.325. The number of guanidine groups is 1. The highest BCUT2D eigenvalue weighted by molar-refractivity contribution is 14.0. The molecule has 1 N–H and O–H groups in total. The molecule has 0 amide bonds. The fourth-order valence-corrected chi connectivity index (χ4v) is 3.19. The average molecular weight is 497 g/mol. The number of rotatable bonds is 5. The van der Waals surface area contributed by atoms with Gasteiger partial charge in [0.15, 0.2) is 11.7 Å². The van der Waals surface area contributed by atoms with E-state index >= 15 is 0 Å². The molecule has 2 heterocycles. The van der Waals surface area contributed by atoms with Crippen molar-refractivity contribution >= 4 is 41.3 Å². The summed E-state index contributed by atoms with van der Waals surface area (Å²) < 4.78 is 5.85. The molecule has 0 unspecified atom stereocenters. The van der Waals surface area contributed by atoms with Crippen LogP contribution in [0.15, 0.2) is 45.3 Å². The summed E-state index contributed by atoms with van der Waals surface area (Å²) in [5.41, 5.74) is 3.28. The lowest BCUT2D eigenvalue weighted by Gasteiger charge is -2.20. The van der Waals surface area contributed by atoms with E-state index in [9.17, 15) is 0 Å². The zero-order valence-corrected chi connectivity index (χ0v) is 19.0. The second-order valence-electron chi connectivity index (χ2n) is 6.10. The second-order valence-corrected chi connectivity index (χ2v) is 7.16. The Morgan fingerprint density at radius 3 is 2.63 bits per heavy atom. The molecule has 0 aliphatic rings. The van der Waals surface area contributed by atoms with Gasteiger partial charge in [0.25, 0.3) is 0 Å². The van der Waals surface area contributed by atoms with Gasteiger partial charge in [0.2, 0.25) is 5.89 Å². The number of oxazole rings is 1. The van der Waals surface area contributed by atoms with Gasteiger partial charge in [-0.05, 0) is 13.8 Å². The van der Waals surface area contributed by atoms with Crippen molar-refractivity contribution < 1.29 is 4.42 Å². The molecular weight excluding hydrogens is 473 g/mol. The minimum atomic E-state index is 0. The Morgan fingerprint density at radius 2 is 2.00 bits per heavy atom. The molecule has 27 heavy (non-hydrogen) atoms. The van der Waals surface area contributed by atoms with Crippen LogP contribution < -0.4 is 5.32 Å². The molecular formula is C19H24IN5OS.